The number of ether oxygens (including phenoxy) is 3. The summed E-state index contributed by atoms with van der Waals surface area (Å²) in [4.78, 5) is 41.2. The van der Waals surface area contributed by atoms with Crippen molar-refractivity contribution in [2.24, 2.45) is 10.9 Å². The smallest absolute Gasteiger partial charge is 0.315 e. The van der Waals surface area contributed by atoms with Gasteiger partial charge in [0.1, 0.15) is 5.92 Å². The summed E-state index contributed by atoms with van der Waals surface area (Å²) in [6.07, 6.45) is 1.88. The molecule has 2 atom stereocenters. The van der Waals surface area contributed by atoms with E-state index in [0.29, 0.717) is 35.4 Å². The highest BCUT2D eigenvalue weighted by atomic mass is 16.6. The van der Waals surface area contributed by atoms with E-state index < -0.39 is 23.8 Å². The van der Waals surface area contributed by atoms with Crippen molar-refractivity contribution in [1.82, 2.24) is 0 Å². The first-order valence-electron chi connectivity index (χ1n) is 9.13. The number of esters is 2. The van der Waals surface area contributed by atoms with Gasteiger partial charge in [-0.3, -0.25) is 19.4 Å². The maximum absolute atomic E-state index is 12.8. The second-order valence-electron chi connectivity index (χ2n) is 6.87. The van der Waals surface area contributed by atoms with Gasteiger partial charge in [0.2, 0.25) is 0 Å². The third kappa shape index (κ3) is 3.56. The molecule has 0 saturated carbocycles. The number of nitrogens with zero attached hydrogens (tertiary/aromatic N) is 1. The van der Waals surface area contributed by atoms with Gasteiger partial charge in [0.15, 0.2) is 17.3 Å². The molecule has 0 fully saturated rings. The number of carbonyl (C=O) groups is 3. The second-order valence-corrected chi connectivity index (χ2v) is 6.87. The van der Waals surface area contributed by atoms with Gasteiger partial charge in [-0.1, -0.05) is 6.07 Å². The fourth-order valence-electron chi connectivity index (χ4n) is 3.92. The van der Waals surface area contributed by atoms with Crippen molar-refractivity contribution >= 4 is 23.4 Å². The molecule has 0 spiro atoms. The quantitative estimate of drug-likeness (QED) is 0.585. The largest absolute Gasteiger partial charge is 0.493 e. The van der Waals surface area contributed by atoms with E-state index in [0.717, 1.165) is 12.1 Å². The maximum Gasteiger partial charge on any atom is 0.315 e. The van der Waals surface area contributed by atoms with Crippen molar-refractivity contribution in [1.29, 1.82) is 0 Å². The Hall–Kier alpha value is -2.96. The fraction of sp³-hybridized carbons (Fsp3) is 0.429. The summed E-state index contributed by atoms with van der Waals surface area (Å²) in [5.41, 5.74) is 2.63. The topological polar surface area (TPSA) is 91.3 Å². The number of allylic oxidation sites excluding steroid dienone is 2. The van der Waals surface area contributed by atoms with Gasteiger partial charge in [-0.05, 0) is 37.5 Å². The number of methoxy groups -OCH3 is 2. The highest BCUT2D eigenvalue weighted by Crippen LogP contribution is 2.45. The molecule has 3 rings (SSSR count). The first kappa shape index (κ1) is 19.8. The van der Waals surface area contributed by atoms with E-state index in [2.05, 4.69) is 4.99 Å². The molecule has 0 aromatic heterocycles. The van der Waals surface area contributed by atoms with E-state index in [9.17, 15) is 14.4 Å². The zero-order chi connectivity index (χ0) is 20.4. The molecule has 1 aromatic carbocycles. The molecule has 1 heterocycles. The molecule has 0 bridgehead atoms. The monoisotopic (exact) mass is 385 g/mol. The van der Waals surface area contributed by atoms with Crippen LogP contribution in [-0.2, 0) is 19.1 Å². The van der Waals surface area contributed by atoms with Crippen LogP contribution in [0.25, 0.3) is 0 Å². The number of hydrogen-bond donors (Lipinski definition) is 0. The molecule has 0 amide bonds. The highest BCUT2D eigenvalue weighted by molar-refractivity contribution is 6.08. The Bertz CT molecular complexity index is 898. The molecule has 0 radical (unpaired) electrons. The summed E-state index contributed by atoms with van der Waals surface area (Å²) in [6, 6.07) is 5.05. The van der Waals surface area contributed by atoms with Crippen molar-refractivity contribution < 1.29 is 28.6 Å². The standard InChI is InChI=1S/C21H23NO6/c1-11-18(21(25)27-4)19(20-14(22-11)6-5-7-15(20)24)13-8-9-16(28-12(2)23)17(10-13)26-3/h8-10,18-19H,5-7H2,1-4H3/t18?,19-/m0/s1. The lowest BCUT2D eigenvalue weighted by Crippen LogP contribution is -2.36. The Labute approximate surface area is 163 Å². The SMILES string of the molecule is COC(=O)C1C(C)=NC2=C(C(=O)CCC2)[C@H]1c1ccc(OC(C)=O)c(OC)c1. The van der Waals surface area contributed by atoms with Gasteiger partial charge in [0.25, 0.3) is 0 Å². The van der Waals surface area contributed by atoms with Gasteiger partial charge in [-0.15, -0.1) is 0 Å². The summed E-state index contributed by atoms with van der Waals surface area (Å²) >= 11 is 0. The van der Waals surface area contributed by atoms with Crippen LogP contribution in [0.4, 0.5) is 0 Å². The first-order chi connectivity index (χ1) is 13.4. The maximum atomic E-state index is 12.8. The number of Topliss-reactive ketones (excluding diaryl/α,β-unsaturated/α-hetero) is 1. The minimum Gasteiger partial charge on any atom is -0.493 e. The summed E-state index contributed by atoms with van der Waals surface area (Å²) in [6.45, 7) is 3.08. The van der Waals surface area contributed by atoms with Crippen LogP contribution in [0.15, 0.2) is 34.5 Å². The van der Waals surface area contributed by atoms with Gasteiger partial charge in [0.05, 0.1) is 14.2 Å². The van der Waals surface area contributed by atoms with Crippen LogP contribution < -0.4 is 9.47 Å². The Kier molecular flexibility index (Phi) is 5.63. The fourth-order valence-corrected chi connectivity index (χ4v) is 3.92. The lowest BCUT2D eigenvalue weighted by Gasteiger charge is -2.34. The van der Waals surface area contributed by atoms with E-state index in [1.54, 1.807) is 25.1 Å². The molecule has 28 heavy (non-hydrogen) atoms. The minimum atomic E-state index is -0.699. The summed E-state index contributed by atoms with van der Waals surface area (Å²) in [7, 11) is 2.79. The number of benzene rings is 1. The van der Waals surface area contributed by atoms with Crippen molar-refractivity contribution in [2.75, 3.05) is 14.2 Å². The van der Waals surface area contributed by atoms with Crippen LogP contribution in [0.5, 0.6) is 11.5 Å². The molecule has 7 nitrogen and oxygen atoms in total. The predicted octanol–water partition coefficient (Wildman–Crippen LogP) is 2.97. The molecule has 0 N–H and O–H groups in total. The number of hydrogen-bond acceptors (Lipinski definition) is 7. The molecule has 1 aliphatic heterocycles. The predicted molar refractivity (Wildman–Crippen MR) is 102 cm³/mol. The summed E-state index contributed by atoms with van der Waals surface area (Å²) in [5, 5.41) is 0. The van der Waals surface area contributed by atoms with Crippen LogP contribution in [0.1, 0.15) is 44.6 Å². The van der Waals surface area contributed by atoms with Crippen molar-refractivity contribution in [3.8, 4) is 11.5 Å². The summed E-state index contributed by atoms with van der Waals surface area (Å²) < 4.78 is 15.5. The number of ketones is 1. The highest BCUT2D eigenvalue weighted by Gasteiger charge is 2.43. The van der Waals surface area contributed by atoms with Gasteiger partial charge in [0, 0.05) is 36.2 Å². The Morgan fingerprint density at radius 3 is 2.54 bits per heavy atom. The van der Waals surface area contributed by atoms with Crippen LogP contribution in [0.2, 0.25) is 0 Å². The van der Waals surface area contributed by atoms with E-state index in [1.165, 1.54) is 21.1 Å². The number of carbonyl (C=O) groups excluding carboxylic acids is 3. The third-order valence-corrected chi connectivity index (χ3v) is 5.09. The third-order valence-electron chi connectivity index (χ3n) is 5.09. The molecule has 7 heteroatoms. The second kappa shape index (κ2) is 7.96. The molecule has 2 aliphatic rings. The molecule has 1 aliphatic carbocycles. The van der Waals surface area contributed by atoms with E-state index in [1.807, 2.05) is 0 Å². The van der Waals surface area contributed by atoms with E-state index >= 15 is 0 Å². The average Bonchev–Trinajstić information content (AvgIpc) is 2.66. The van der Waals surface area contributed by atoms with E-state index in [-0.39, 0.29) is 11.5 Å². The molecule has 1 unspecified atom stereocenters. The molecule has 0 saturated heterocycles. The Morgan fingerprint density at radius 1 is 1.14 bits per heavy atom. The Balaban J connectivity index is 2.15. The minimum absolute atomic E-state index is 0.000526. The van der Waals surface area contributed by atoms with Gasteiger partial charge in [-0.2, -0.15) is 0 Å². The van der Waals surface area contributed by atoms with Crippen LogP contribution in [0, 0.1) is 5.92 Å². The summed E-state index contributed by atoms with van der Waals surface area (Å²) in [5.74, 6) is -1.51. The molecular formula is C21H23NO6. The van der Waals surface area contributed by atoms with Crippen LogP contribution in [0.3, 0.4) is 0 Å². The van der Waals surface area contributed by atoms with Crippen LogP contribution in [-0.4, -0.2) is 37.7 Å². The number of rotatable bonds is 4. The number of aliphatic imine (C=N–C) groups is 1. The van der Waals surface area contributed by atoms with Crippen LogP contribution >= 0.6 is 0 Å². The first-order valence-corrected chi connectivity index (χ1v) is 9.13. The average molecular weight is 385 g/mol. The van der Waals surface area contributed by atoms with Gasteiger partial charge in [-0.25, -0.2) is 0 Å². The van der Waals surface area contributed by atoms with Crippen molar-refractivity contribution in [2.45, 2.75) is 39.0 Å². The normalized spacial score (nSPS) is 21.6. The van der Waals surface area contributed by atoms with Gasteiger partial charge < -0.3 is 14.2 Å². The van der Waals surface area contributed by atoms with E-state index in [4.69, 9.17) is 14.2 Å². The molecule has 148 valence electrons. The molecule has 1 aromatic rings. The molecular weight excluding hydrogens is 362 g/mol. The lowest BCUT2D eigenvalue weighted by molar-refractivity contribution is -0.143. The lowest BCUT2D eigenvalue weighted by atomic mass is 9.71. The Morgan fingerprint density at radius 2 is 1.89 bits per heavy atom. The van der Waals surface area contributed by atoms with Gasteiger partial charge >= 0.3 is 11.9 Å². The van der Waals surface area contributed by atoms with Crippen molar-refractivity contribution in [3.05, 3.63) is 35.0 Å². The zero-order valence-electron chi connectivity index (χ0n) is 16.4. The zero-order valence-corrected chi connectivity index (χ0v) is 16.4. The van der Waals surface area contributed by atoms with Crippen molar-refractivity contribution in [3.63, 3.8) is 0 Å².